The lowest BCUT2D eigenvalue weighted by atomic mass is 10.0. The van der Waals surface area contributed by atoms with Gasteiger partial charge < -0.3 is 10.2 Å². The molecule has 6 nitrogen and oxygen atoms in total. The first-order valence-corrected chi connectivity index (χ1v) is 10.2. The monoisotopic (exact) mass is 495 g/mol. The van der Waals surface area contributed by atoms with Gasteiger partial charge in [0.05, 0.1) is 22.4 Å². The van der Waals surface area contributed by atoms with E-state index < -0.39 is 11.7 Å². The SMILES string of the molecule is C=C1C=Cc2cc(C(F)(F)F)ccc2N1CC(=O)Nc1scc(Br)c1-n1nccn1. The molecule has 0 unspecified atom stereocenters. The van der Waals surface area contributed by atoms with Crippen LogP contribution in [0, 0.1) is 0 Å². The van der Waals surface area contributed by atoms with Crippen LogP contribution in [0.5, 0.6) is 0 Å². The van der Waals surface area contributed by atoms with Crippen molar-refractivity contribution in [2.24, 2.45) is 0 Å². The van der Waals surface area contributed by atoms with Crippen molar-refractivity contribution in [2.75, 3.05) is 16.8 Å². The van der Waals surface area contributed by atoms with Crippen molar-refractivity contribution in [3.8, 4) is 5.69 Å². The summed E-state index contributed by atoms with van der Waals surface area (Å²) >= 11 is 4.71. The Morgan fingerprint density at radius 1 is 1.23 bits per heavy atom. The molecule has 1 aromatic carbocycles. The average molecular weight is 496 g/mol. The molecule has 11 heteroatoms. The number of rotatable bonds is 4. The van der Waals surface area contributed by atoms with Gasteiger partial charge in [-0.2, -0.15) is 23.4 Å². The fraction of sp³-hybridized carbons (Fsp3) is 0.105. The topological polar surface area (TPSA) is 63.1 Å². The van der Waals surface area contributed by atoms with Gasteiger partial charge in [-0.15, -0.1) is 16.1 Å². The molecule has 0 fully saturated rings. The molecule has 154 valence electrons. The third-order valence-electron chi connectivity index (χ3n) is 4.34. The van der Waals surface area contributed by atoms with E-state index in [1.54, 1.807) is 22.4 Å². The van der Waals surface area contributed by atoms with Crippen LogP contribution in [0.3, 0.4) is 0 Å². The van der Waals surface area contributed by atoms with Gasteiger partial charge >= 0.3 is 6.18 Å². The number of nitrogens with one attached hydrogen (secondary N) is 1. The van der Waals surface area contributed by atoms with Crippen molar-refractivity contribution in [1.82, 2.24) is 15.0 Å². The van der Waals surface area contributed by atoms with Gasteiger partial charge in [0.15, 0.2) is 0 Å². The summed E-state index contributed by atoms with van der Waals surface area (Å²) in [6, 6.07) is 3.40. The molecule has 1 aliphatic rings. The van der Waals surface area contributed by atoms with Gasteiger partial charge in [-0.1, -0.05) is 12.7 Å². The van der Waals surface area contributed by atoms with E-state index in [0.29, 0.717) is 32.1 Å². The van der Waals surface area contributed by atoms with Crippen molar-refractivity contribution in [2.45, 2.75) is 6.18 Å². The number of thiophene rings is 1. The number of hydrogen-bond acceptors (Lipinski definition) is 5. The Labute approximate surface area is 181 Å². The van der Waals surface area contributed by atoms with Crippen molar-refractivity contribution < 1.29 is 18.0 Å². The summed E-state index contributed by atoms with van der Waals surface area (Å²) in [5, 5.41) is 13.3. The third kappa shape index (κ3) is 3.90. The van der Waals surface area contributed by atoms with Crippen molar-refractivity contribution in [1.29, 1.82) is 0 Å². The minimum atomic E-state index is -4.44. The summed E-state index contributed by atoms with van der Waals surface area (Å²) in [5.41, 5.74) is 1.18. The first-order chi connectivity index (χ1) is 14.2. The van der Waals surface area contributed by atoms with Crippen molar-refractivity contribution in [3.63, 3.8) is 0 Å². The van der Waals surface area contributed by atoms with Crippen LogP contribution < -0.4 is 10.2 Å². The first-order valence-electron chi connectivity index (χ1n) is 8.53. The van der Waals surface area contributed by atoms with E-state index in [9.17, 15) is 18.0 Å². The second-order valence-corrected chi connectivity index (χ2v) is 8.04. The standard InChI is InChI=1S/C19H13BrF3N5OS/c1-11-2-3-12-8-13(19(21,22)23)4-5-15(12)27(11)9-16(29)26-18-17(14(20)10-30-18)28-24-6-7-25-28/h2-8,10H,1,9H2,(H,26,29). The lowest BCUT2D eigenvalue weighted by molar-refractivity contribution is -0.137. The Bertz CT molecular complexity index is 1150. The number of hydrogen-bond donors (Lipinski definition) is 1. The van der Waals surface area contributed by atoms with Gasteiger partial charge in [-0.25, -0.2) is 0 Å². The molecule has 3 aromatic rings. The van der Waals surface area contributed by atoms with Crippen LogP contribution in [0.1, 0.15) is 11.1 Å². The van der Waals surface area contributed by atoms with Gasteiger partial charge in [0, 0.05) is 16.8 Å². The highest BCUT2D eigenvalue weighted by Gasteiger charge is 2.32. The van der Waals surface area contributed by atoms with Crippen LogP contribution in [-0.2, 0) is 11.0 Å². The zero-order valence-electron chi connectivity index (χ0n) is 15.2. The molecule has 1 amide bonds. The van der Waals surface area contributed by atoms with Crippen molar-refractivity contribution in [3.05, 3.63) is 69.9 Å². The maximum Gasteiger partial charge on any atom is 0.416 e. The first kappa shape index (κ1) is 20.4. The summed E-state index contributed by atoms with van der Waals surface area (Å²) in [6.07, 6.45) is 1.73. The number of halogens is 4. The summed E-state index contributed by atoms with van der Waals surface area (Å²) in [4.78, 5) is 15.7. The number of allylic oxidation sites excluding steroid dienone is 1. The Morgan fingerprint density at radius 2 is 1.97 bits per heavy atom. The number of amides is 1. The van der Waals surface area contributed by atoms with E-state index in [1.165, 1.54) is 34.6 Å². The highest BCUT2D eigenvalue weighted by Crippen LogP contribution is 2.37. The number of aromatic nitrogens is 3. The van der Waals surface area contributed by atoms with Crippen LogP contribution >= 0.6 is 27.3 Å². The summed E-state index contributed by atoms with van der Waals surface area (Å²) in [7, 11) is 0. The Hall–Kier alpha value is -2.92. The molecule has 0 atom stereocenters. The van der Waals surface area contributed by atoms with E-state index in [0.717, 1.165) is 12.1 Å². The zero-order chi connectivity index (χ0) is 21.5. The van der Waals surface area contributed by atoms with Gasteiger partial charge in [0.25, 0.3) is 0 Å². The van der Waals surface area contributed by atoms with Gasteiger partial charge in [0.1, 0.15) is 17.2 Å². The lowest BCUT2D eigenvalue weighted by Gasteiger charge is -2.29. The molecule has 4 rings (SSSR count). The highest BCUT2D eigenvalue weighted by molar-refractivity contribution is 9.10. The maximum absolute atomic E-state index is 13.0. The molecule has 0 saturated heterocycles. The minimum Gasteiger partial charge on any atom is -0.332 e. The normalized spacial score (nSPS) is 13.5. The summed E-state index contributed by atoms with van der Waals surface area (Å²) in [5.74, 6) is -0.361. The zero-order valence-corrected chi connectivity index (χ0v) is 17.6. The molecule has 0 radical (unpaired) electrons. The predicted octanol–water partition coefficient (Wildman–Crippen LogP) is 5.10. The Morgan fingerprint density at radius 3 is 2.67 bits per heavy atom. The van der Waals surface area contributed by atoms with E-state index in [2.05, 4.69) is 38.0 Å². The van der Waals surface area contributed by atoms with Gasteiger partial charge in [-0.3, -0.25) is 4.79 Å². The van der Waals surface area contributed by atoms with E-state index in [1.807, 2.05) is 0 Å². The Kier molecular flexibility index (Phi) is 5.24. The highest BCUT2D eigenvalue weighted by atomic mass is 79.9. The largest absolute Gasteiger partial charge is 0.416 e. The van der Waals surface area contributed by atoms with E-state index in [4.69, 9.17) is 0 Å². The number of nitrogens with zero attached hydrogens (tertiary/aromatic N) is 4. The smallest absolute Gasteiger partial charge is 0.332 e. The molecule has 1 N–H and O–H groups in total. The molecule has 30 heavy (non-hydrogen) atoms. The van der Waals surface area contributed by atoms with Gasteiger partial charge in [0.2, 0.25) is 5.91 Å². The van der Waals surface area contributed by atoms with Crippen LogP contribution in [0.25, 0.3) is 11.8 Å². The average Bonchev–Trinajstić information content (AvgIpc) is 3.32. The molecule has 2 aromatic heterocycles. The van der Waals surface area contributed by atoms with Crippen LogP contribution in [0.4, 0.5) is 23.9 Å². The lowest BCUT2D eigenvalue weighted by Crippen LogP contribution is -2.33. The maximum atomic E-state index is 13.0. The van der Waals surface area contributed by atoms with Gasteiger partial charge in [-0.05, 0) is 45.8 Å². The van der Waals surface area contributed by atoms with E-state index in [-0.39, 0.29) is 12.5 Å². The quantitative estimate of drug-likeness (QED) is 0.547. The second kappa shape index (κ2) is 7.73. The molecule has 0 bridgehead atoms. The van der Waals surface area contributed by atoms with Crippen molar-refractivity contribution >= 4 is 49.9 Å². The third-order valence-corrected chi connectivity index (χ3v) is 6.13. The fourth-order valence-corrected chi connectivity index (χ4v) is 4.55. The Balaban J connectivity index is 1.56. The number of benzene rings is 1. The second-order valence-electron chi connectivity index (χ2n) is 6.31. The molecule has 0 saturated carbocycles. The summed E-state index contributed by atoms with van der Waals surface area (Å²) < 4.78 is 39.7. The van der Waals surface area contributed by atoms with Crippen LogP contribution in [0.2, 0.25) is 0 Å². The number of anilines is 2. The molecule has 0 aliphatic carbocycles. The minimum absolute atomic E-state index is 0.122. The molecule has 3 heterocycles. The van der Waals surface area contributed by atoms with Crippen LogP contribution in [0.15, 0.2) is 58.8 Å². The molecule has 0 spiro atoms. The fourth-order valence-electron chi connectivity index (χ4n) is 2.97. The number of fused-ring (bicyclic) bond motifs is 1. The summed E-state index contributed by atoms with van der Waals surface area (Å²) in [6.45, 7) is 3.77. The predicted molar refractivity (Wildman–Crippen MR) is 113 cm³/mol. The molecular weight excluding hydrogens is 483 g/mol. The van der Waals surface area contributed by atoms with Crippen LogP contribution in [-0.4, -0.2) is 27.4 Å². The van der Waals surface area contributed by atoms with E-state index >= 15 is 0 Å². The molecule has 1 aliphatic heterocycles. The number of carbonyl (C=O) groups is 1. The number of alkyl halides is 3. The number of carbonyl (C=O) groups excluding carboxylic acids is 1. The molecular formula is C19H13BrF3N5OS.